The molecule has 1 amide bonds. The minimum atomic E-state index is -0.419. The molecule has 3 atom stereocenters. The molecule has 0 bridgehead atoms. The lowest BCUT2D eigenvalue weighted by atomic mass is 9.92. The molecule has 0 aromatic rings. The van der Waals surface area contributed by atoms with Gasteiger partial charge >= 0.3 is 0 Å². The number of amides is 1. The summed E-state index contributed by atoms with van der Waals surface area (Å²) >= 11 is 0. The van der Waals surface area contributed by atoms with E-state index in [1.807, 2.05) is 0 Å². The zero-order valence-corrected chi connectivity index (χ0v) is 10.2. The third-order valence-electron chi connectivity index (χ3n) is 2.72. The van der Waals surface area contributed by atoms with Crippen molar-refractivity contribution in [2.75, 3.05) is 7.11 Å². The smallest absolute Gasteiger partial charge is 0.236 e. The Morgan fingerprint density at radius 1 is 1.53 bits per heavy atom. The molecule has 1 saturated carbocycles. The third-order valence-corrected chi connectivity index (χ3v) is 2.72. The van der Waals surface area contributed by atoms with Crippen molar-refractivity contribution in [2.45, 2.75) is 50.8 Å². The quantitative estimate of drug-likeness (QED) is 0.763. The largest absolute Gasteiger partial charge is 0.381 e. The van der Waals surface area contributed by atoms with Crippen LogP contribution in [0.4, 0.5) is 0 Å². The topological polar surface area (TPSA) is 64.3 Å². The number of rotatable bonds is 3. The van der Waals surface area contributed by atoms with Crippen LogP contribution in [0, 0.1) is 0 Å². The van der Waals surface area contributed by atoms with Crippen LogP contribution < -0.4 is 11.1 Å². The van der Waals surface area contributed by atoms with E-state index in [9.17, 15) is 4.79 Å². The van der Waals surface area contributed by atoms with Crippen LogP contribution in [-0.2, 0) is 9.53 Å². The van der Waals surface area contributed by atoms with Crippen LogP contribution in [0.25, 0.3) is 0 Å². The van der Waals surface area contributed by atoms with Gasteiger partial charge in [0.05, 0.1) is 12.1 Å². The minimum absolute atomic E-state index is 0. The number of ether oxygens (including phenoxy) is 1. The summed E-state index contributed by atoms with van der Waals surface area (Å²) in [5.41, 5.74) is 5.48. The van der Waals surface area contributed by atoms with Crippen LogP contribution in [0.5, 0.6) is 0 Å². The van der Waals surface area contributed by atoms with Gasteiger partial charge in [0.25, 0.3) is 0 Å². The van der Waals surface area contributed by atoms with E-state index in [-0.39, 0.29) is 24.4 Å². The first-order valence-electron chi connectivity index (χ1n) is 5.22. The second-order valence-corrected chi connectivity index (χ2v) is 4.02. The van der Waals surface area contributed by atoms with E-state index in [0.29, 0.717) is 6.10 Å². The van der Waals surface area contributed by atoms with Gasteiger partial charge < -0.3 is 15.8 Å². The Balaban J connectivity index is 0.00000196. The first-order valence-corrected chi connectivity index (χ1v) is 5.22. The van der Waals surface area contributed by atoms with Crippen LogP contribution in [0.2, 0.25) is 0 Å². The fourth-order valence-corrected chi connectivity index (χ4v) is 1.82. The number of halogens is 1. The van der Waals surface area contributed by atoms with Crippen molar-refractivity contribution in [2.24, 2.45) is 5.73 Å². The number of hydrogen-bond acceptors (Lipinski definition) is 3. The average Bonchev–Trinajstić information content (AvgIpc) is 2.18. The van der Waals surface area contributed by atoms with E-state index >= 15 is 0 Å². The molecule has 15 heavy (non-hydrogen) atoms. The molecule has 90 valence electrons. The Hall–Kier alpha value is -0.320. The van der Waals surface area contributed by atoms with E-state index in [4.69, 9.17) is 10.5 Å². The van der Waals surface area contributed by atoms with E-state index in [1.54, 1.807) is 14.0 Å². The van der Waals surface area contributed by atoms with Crippen LogP contribution in [0.1, 0.15) is 32.6 Å². The summed E-state index contributed by atoms with van der Waals surface area (Å²) in [6.45, 7) is 1.70. The molecule has 3 N–H and O–H groups in total. The van der Waals surface area contributed by atoms with Crippen molar-refractivity contribution in [3.05, 3.63) is 0 Å². The van der Waals surface area contributed by atoms with Gasteiger partial charge in [-0.05, 0) is 32.6 Å². The predicted molar refractivity (Wildman–Crippen MR) is 62.1 cm³/mol. The molecule has 0 saturated heterocycles. The summed E-state index contributed by atoms with van der Waals surface area (Å²) in [4.78, 5) is 11.3. The van der Waals surface area contributed by atoms with Gasteiger partial charge in [-0.1, -0.05) is 0 Å². The average molecular weight is 237 g/mol. The summed E-state index contributed by atoms with van der Waals surface area (Å²) < 4.78 is 5.28. The monoisotopic (exact) mass is 236 g/mol. The third kappa shape index (κ3) is 4.82. The molecule has 0 aromatic carbocycles. The van der Waals surface area contributed by atoms with Gasteiger partial charge in [-0.15, -0.1) is 12.4 Å². The van der Waals surface area contributed by atoms with Crippen LogP contribution in [-0.4, -0.2) is 31.2 Å². The molecule has 0 aromatic heterocycles. The van der Waals surface area contributed by atoms with Gasteiger partial charge in [0, 0.05) is 13.2 Å². The molecular formula is C10H21ClN2O2. The lowest BCUT2D eigenvalue weighted by Crippen LogP contribution is -2.46. The molecule has 1 aliphatic rings. The van der Waals surface area contributed by atoms with E-state index in [1.165, 1.54) is 0 Å². The zero-order valence-electron chi connectivity index (χ0n) is 9.36. The Labute approximate surface area is 97.3 Å². The van der Waals surface area contributed by atoms with Crippen molar-refractivity contribution in [1.82, 2.24) is 5.32 Å². The molecule has 4 nitrogen and oxygen atoms in total. The van der Waals surface area contributed by atoms with E-state index < -0.39 is 6.04 Å². The lowest BCUT2D eigenvalue weighted by Gasteiger charge is -2.29. The predicted octanol–water partition coefficient (Wildman–Crippen LogP) is 0.829. The van der Waals surface area contributed by atoms with E-state index in [0.717, 1.165) is 25.7 Å². The Kier molecular flexibility index (Phi) is 6.89. The molecule has 2 unspecified atom stereocenters. The maximum atomic E-state index is 11.3. The molecule has 1 fully saturated rings. The van der Waals surface area contributed by atoms with Gasteiger partial charge in [-0.2, -0.15) is 0 Å². The summed E-state index contributed by atoms with van der Waals surface area (Å²) in [7, 11) is 1.72. The molecule has 1 aliphatic carbocycles. The second-order valence-electron chi connectivity index (χ2n) is 4.02. The normalized spacial score (nSPS) is 27.7. The number of carbonyl (C=O) groups is 1. The lowest BCUT2D eigenvalue weighted by molar-refractivity contribution is -0.123. The van der Waals surface area contributed by atoms with Crippen molar-refractivity contribution < 1.29 is 9.53 Å². The Morgan fingerprint density at radius 3 is 2.73 bits per heavy atom. The zero-order chi connectivity index (χ0) is 10.6. The van der Waals surface area contributed by atoms with Crippen LogP contribution >= 0.6 is 12.4 Å². The van der Waals surface area contributed by atoms with Crippen molar-refractivity contribution >= 4 is 18.3 Å². The maximum Gasteiger partial charge on any atom is 0.236 e. The highest BCUT2D eigenvalue weighted by Crippen LogP contribution is 2.20. The van der Waals surface area contributed by atoms with Gasteiger partial charge in [0.1, 0.15) is 0 Å². The molecule has 0 spiro atoms. The van der Waals surface area contributed by atoms with Gasteiger partial charge in [0.2, 0.25) is 5.91 Å². The van der Waals surface area contributed by atoms with Gasteiger partial charge in [0.15, 0.2) is 0 Å². The van der Waals surface area contributed by atoms with Gasteiger partial charge in [-0.3, -0.25) is 4.79 Å². The second kappa shape index (κ2) is 7.04. The highest BCUT2D eigenvalue weighted by Gasteiger charge is 2.23. The standard InChI is InChI=1S/C10H20N2O2.ClH/c1-7(11)10(13)12-8-4-3-5-9(6-8)14-2;/h7-9H,3-6,11H2,1-2H3,(H,12,13);1H/t7-,8?,9?;/m1./s1. The van der Waals surface area contributed by atoms with Crippen molar-refractivity contribution in [1.29, 1.82) is 0 Å². The minimum Gasteiger partial charge on any atom is -0.381 e. The number of hydrogen-bond donors (Lipinski definition) is 2. The van der Waals surface area contributed by atoms with Crippen LogP contribution in [0.15, 0.2) is 0 Å². The number of nitrogens with one attached hydrogen (secondary N) is 1. The first-order chi connectivity index (χ1) is 6.63. The summed E-state index contributed by atoms with van der Waals surface area (Å²) in [5.74, 6) is -0.0632. The van der Waals surface area contributed by atoms with Gasteiger partial charge in [-0.25, -0.2) is 0 Å². The molecule has 1 rings (SSSR count). The highest BCUT2D eigenvalue weighted by atomic mass is 35.5. The van der Waals surface area contributed by atoms with Crippen LogP contribution in [0.3, 0.4) is 0 Å². The molecular weight excluding hydrogens is 216 g/mol. The number of nitrogens with two attached hydrogens (primary N) is 1. The number of carbonyl (C=O) groups excluding carboxylic acids is 1. The maximum absolute atomic E-state index is 11.3. The Morgan fingerprint density at radius 2 is 2.20 bits per heavy atom. The summed E-state index contributed by atoms with van der Waals surface area (Å²) in [6.07, 6.45) is 4.46. The first kappa shape index (κ1) is 14.7. The Bertz CT molecular complexity index is 200. The van der Waals surface area contributed by atoms with Crippen molar-refractivity contribution in [3.8, 4) is 0 Å². The molecule has 0 aliphatic heterocycles. The summed E-state index contributed by atoms with van der Waals surface area (Å²) in [5, 5.41) is 2.94. The molecule has 0 heterocycles. The highest BCUT2D eigenvalue weighted by molar-refractivity contribution is 5.85. The fraction of sp³-hybridized carbons (Fsp3) is 0.900. The van der Waals surface area contributed by atoms with E-state index in [2.05, 4.69) is 5.32 Å². The summed E-state index contributed by atoms with van der Waals surface area (Å²) in [6, 6.07) is -0.176. The number of methoxy groups -OCH3 is 1. The fourth-order valence-electron chi connectivity index (χ4n) is 1.82. The SMILES string of the molecule is COC1CCCC(NC(=O)[C@@H](C)N)C1.Cl. The molecule has 5 heteroatoms. The van der Waals surface area contributed by atoms with Crippen molar-refractivity contribution in [3.63, 3.8) is 0 Å². The molecule has 0 radical (unpaired) electrons.